The van der Waals surface area contributed by atoms with Gasteiger partial charge in [-0.25, -0.2) is 9.48 Å². The Hall–Kier alpha value is -3.30. The third kappa shape index (κ3) is 3.06. The van der Waals surface area contributed by atoms with Crippen molar-refractivity contribution in [1.82, 2.24) is 15.0 Å². The van der Waals surface area contributed by atoms with Gasteiger partial charge in [-0.2, -0.15) is 0 Å². The van der Waals surface area contributed by atoms with Gasteiger partial charge in [0.1, 0.15) is 6.54 Å². The zero-order valence-electron chi connectivity index (χ0n) is 11.1. The van der Waals surface area contributed by atoms with E-state index in [4.69, 9.17) is 14.6 Å². The third-order valence-electron chi connectivity index (χ3n) is 2.71. The molecule has 2 aromatic rings. The number of hydrogen-bond donors (Lipinski definition) is 3. The summed E-state index contributed by atoms with van der Waals surface area (Å²) in [5.74, 6) is 0.244. The molecule has 1 aliphatic rings. The maximum Gasteiger partial charge on any atom is 0.325 e. The Kier molecular flexibility index (Phi) is 3.48. The van der Waals surface area contributed by atoms with Gasteiger partial charge in [-0.3, -0.25) is 10.1 Å². The summed E-state index contributed by atoms with van der Waals surface area (Å²) in [5, 5.41) is 20.9. The summed E-state index contributed by atoms with van der Waals surface area (Å²) in [6.45, 7) is -0.184. The van der Waals surface area contributed by atoms with Gasteiger partial charge < -0.3 is 19.9 Å². The van der Waals surface area contributed by atoms with E-state index in [1.807, 2.05) is 0 Å². The van der Waals surface area contributed by atoms with Crippen molar-refractivity contribution in [3.8, 4) is 11.5 Å². The predicted octanol–water partition coefficient (Wildman–Crippen LogP) is 0.735. The lowest BCUT2D eigenvalue weighted by molar-refractivity contribution is -0.137. The highest BCUT2D eigenvalue weighted by Gasteiger charge is 2.14. The molecule has 0 atom stereocenters. The number of aromatic nitrogens is 3. The highest BCUT2D eigenvalue weighted by Crippen LogP contribution is 2.34. The number of urea groups is 1. The van der Waals surface area contributed by atoms with Crippen molar-refractivity contribution in [3.63, 3.8) is 0 Å². The highest BCUT2D eigenvalue weighted by atomic mass is 16.7. The molecular formula is C12H11N5O5. The highest BCUT2D eigenvalue weighted by molar-refractivity contribution is 5.99. The Balaban J connectivity index is 1.60. The first-order chi connectivity index (χ1) is 10.6. The Morgan fingerprint density at radius 2 is 2.09 bits per heavy atom. The topological polar surface area (TPSA) is 128 Å². The van der Waals surface area contributed by atoms with Gasteiger partial charge in [-0.15, -0.1) is 5.10 Å². The number of benzene rings is 1. The van der Waals surface area contributed by atoms with Gasteiger partial charge >= 0.3 is 12.0 Å². The average Bonchev–Trinajstić information content (AvgIpc) is 3.06. The molecule has 2 amide bonds. The van der Waals surface area contributed by atoms with Gasteiger partial charge in [0.25, 0.3) is 0 Å². The van der Waals surface area contributed by atoms with Crippen LogP contribution in [0.5, 0.6) is 11.5 Å². The molecule has 0 saturated heterocycles. The first kappa shape index (κ1) is 13.7. The lowest BCUT2D eigenvalue weighted by Crippen LogP contribution is -2.19. The minimum atomic E-state index is -1.05. The number of nitrogens with zero attached hydrogens (tertiary/aromatic N) is 3. The standard InChI is InChI=1S/C12H11N5O5/c18-11(19)5-17-4-10(15-16-17)14-12(20)13-7-1-2-8-9(3-7)22-6-21-8/h1-4H,5-6H2,(H,18,19)(H2,13,14,20). The van der Waals surface area contributed by atoms with Crippen LogP contribution in [0.3, 0.4) is 0 Å². The van der Waals surface area contributed by atoms with E-state index >= 15 is 0 Å². The van der Waals surface area contributed by atoms with Crippen LogP contribution in [0, 0.1) is 0 Å². The molecule has 2 heterocycles. The first-order valence-electron chi connectivity index (χ1n) is 6.20. The fourth-order valence-electron chi connectivity index (χ4n) is 1.82. The zero-order chi connectivity index (χ0) is 15.5. The van der Waals surface area contributed by atoms with Crippen LogP contribution in [0.15, 0.2) is 24.4 Å². The van der Waals surface area contributed by atoms with Crippen molar-refractivity contribution in [3.05, 3.63) is 24.4 Å². The van der Waals surface area contributed by atoms with E-state index in [0.29, 0.717) is 17.2 Å². The van der Waals surface area contributed by atoms with Crippen LogP contribution in [0.1, 0.15) is 0 Å². The molecular weight excluding hydrogens is 294 g/mol. The Labute approximate surface area is 123 Å². The number of amides is 2. The molecule has 3 N–H and O–H groups in total. The van der Waals surface area contributed by atoms with E-state index in [0.717, 1.165) is 4.68 Å². The Morgan fingerprint density at radius 1 is 1.27 bits per heavy atom. The van der Waals surface area contributed by atoms with Gasteiger partial charge in [0, 0.05) is 11.8 Å². The summed E-state index contributed by atoms with van der Waals surface area (Å²) in [6.07, 6.45) is 1.31. The maximum atomic E-state index is 11.8. The Bertz CT molecular complexity index is 728. The van der Waals surface area contributed by atoms with E-state index in [1.54, 1.807) is 18.2 Å². The smallest absolute Gasteiger partial charge is 0.325 e. The van der Waals surface area contributed by atoms with Crippen LogP contribution in [0.2, 0.25) is 0 Å². The molecule has 0 bridgehead atoms. The van der Waals surface area contributed by atoms with Gasteiger partial charge in [-0.05, 0) is 12.1 Å². The first-order valence-corrected chi connectivity index (χ1v) is 6.20. The van der Waals surface area contributed by atoms with E-state index in [-0.39, 0.29) is 19.2 Å². The van der Waals surface area contributed by atoms with Gasteiger partial charge in [0.15, 0.2) is 17.3 Å². The summed E-state index contributed by atoms with van der Waals surface area (Å²) in [7, 11) is 0. The number of ether oxygens (including phenoxy) is 2. The molecule has 10 heteroatoms. The second-order valence-corrected chi connectivity index (χ2v) is 4.34. The van der Waals surface area contributed by atoms with E-state index in [9.17, 15) is 9.59 Å². The summed E-state index contributed by atoms with van der Waals surface area (Å²) >= 11 is 0. The quantitative estimate of drug-likeness (QED) is 0.759. The molecule has 0 radical (unpaired) electrons. The largest absolute Gasteiger partial charge is 0.480 e. The number of carboxylic acid groups (broad SMARTS) is 1. The van der Waals surface area contributed by atoms with E-state index in [2.05, 4.69) is 20.9 Å². The molecule has 114 valence electrons. The molecule has 1 aromatic heterocycles. The number of carbonyl (C=O) groups excluding carboxylic acids is 1. The summed E-state index contributed by atoms with van der Waals surface area (Å²) in [6, 6.07) is 4.43. The number of rotatable bonds is 4. The van der Waals surface area contributed by atoms with E-state index in [1.165, 1.54) is 6.20 Å². The summed E-state index contributed by atoms with van der Waals surface area (Å²) in [4.78, 5) is 22.3. The summed E-state index contributed by atoms with van der Waals surface area (Å²) in [5.41, 5.74) is 0.514. The molecule has 0 unspecified atom stereocenters. The second kappa shape index (κ2) is 5.60. The maximum absolute atomic E-state index is 11.8. The lowest BCUT2D eigenvalue weighted by atomic mass is 10.3. The lowest BCUT2D eigenvalue weighted by Gasteiger charge is -2.05. The van der Waals surface area contributed by atoms with Gasteiger partial charge in [-0.1, -0.05) is 5.21 Å². The van der Waals surface area contributed by atoms with Crippen molar-refractivity contribution in [2.24, 2.45) is 0 Å². The van der Waals surface area contributed by atoms with Crippen molar-refractivity contribution in [1.29, 1.82) is 0 Å². The van der Waals surface area contributed by atoms with Crippen LogP contribution in [0.25, 0.3) is 0 Å². The molecule has 0 aliphatic carbocycles. The number of nitrogens with one attached hydrogen (secondary N) is 2. The van der Waals surface area contributed by atoms with E-state index < -0.39 is 12.0 Å². The minimum absolute atomic E-state index is 0.138. The molecule has 1 aromatic carbocycles. The van der Waals surface area contributed by atoms with Crippen LogP contribution >= 0.6 is 0 Å². The minimum Gasteiger partial charge on any atom is -0.480 e. The number of anilines is 2. The van der Waals surface area contributed by atoms with Crippen molar-refractivity contribution in [2.45, 2.75) is 6.54 Å². The van der Waals surface area contributed by atoms with Crippen LogP contribution in [0.4, 0.5) is 16.3 Å². The summed E-state index contributed by atoms with van der Waals surface area (Å²) < 4.78 is 11.5. The van der Waals surface area contributed by atoms with Gasteiger partial charge in [0.05, 0.1) is 6.20 Å². The fourth-order valence-corrected chi connectivity index (χ4v) is 1.82. The molecule has 0 fully saturated rings. The third-order valence-corrected chi connectivity index (χ3v) is 2.71. The van der Waals surface area contributed by atoms with Crippen LogP contribution in [-0.2, 0) is 11.3 Å². The number of fused-ring (bicyclic) bond motifs is 1. The molecule has 0 spiro atoms. The monoisotopic (exact) mass is 305 g/mol. The molecule has 3 rings (SSSR count). The second-order valence-electron chi connectivity index (χ2n) is 4.34. The van der Waals surface area contributed by atoms with Crippen molar-refractivity contribution >= 4 is 23.5 Å². The van der Waals surface area contributed by atoms with Crippen molar-refractivity contribution in [2.75, 3.05) is 17.4 Å². The Morgan fingerprint density at radius 3 is 2.91 bits per heavy atom. The van der Waals surface area contributed by atoms with Crippen molar-refractivity contribution < 1.29 is 24.2 Å². The van der Waals surface area contributed by atoms with Gasteiger partial charge in [0.2, 0.25) is 6.79 Å². The SMILES string of the molecule is O=C(O)Cn1cc(NC(=O)Nc2ccc3c(c2)OCO3)nn1. The number of hydrogen-bond acceptors (Lipinski definition) is 6. The zero-order valence-corrected chi connectivity index (χ0v) is 11.1. The fraction of sp³-hybridized carbons (Fsp3) is 0.167. The van der Waals surface area contributed by atoms with Crippen LogP contribution in [-0.4, -0.2) is 38.9 Å². The predicted molar refractivity (Wildman–Crippen MR) is 72.9 cm³/mol. The normalized spacial score (nSPS) is 12.0. The number of aliphatic carboxylic acids is 1. The van der Waals surface area contributed by atoms with Crippen LogP contribution < -0.4 is 20.1 Å². The average molecular weight is 305 g/mol. The number of carboxylic acids is 1. The molecule has 1 aliphatic heterocycles. The molecule has 10 nitrogen and oxygen atoms in total. The molecule has 0 saturated carbocycles. The number of carbonyl (C=O) groups is 2. The molecule has 22 heavy (non-hydrogen) atoms.